The molecule has 61 heavy (non-hydrogen) atoms. The van der Waals surface area contributed by atoms with Crippen LogP contribution in [-0.4, -0.2) is 91.8 Å². The normalized spacial score (nSPS) is 28.6. The molecular weight excluding hydrogens is 817 g/mol. The lowest BCUT2D eigenvalue weighted by Crippen LogP contribution is -2.46. The highest BCUT2D eigenvalue weighted by Gasteiger charge is 2.51. The second-order valence-electron chi connectivity index (χ2n) is 18.9. The Morgan fingerprint density at radius 2 is 1.46 bits per heavy atom. The van der Waals surface area contributed by atoms with Gasteiger partial charge in [-0.15, -0.1) is 0 Å². The molecule has 2 heterocycles. The number of esters is 2. The van der Waals surface area contributed by atoms with E-state index >= 15 is 0 Å². The van der Waals surface area contributed by atoms with Gasteiger partial charge in [0.15, 0.2) is 25.0 Å². The minimum absolute atomic E-state index is 0.0936. The van der Waals surface area contributed by atoms with Crippen LogP contribution in [0.25, 0.3) is 0 Å². The lowest BCUT2D eigenvalue weighted by Gasteiger charge is -2.39. The number of hydrogen-bond acceptors (Lipinski definition) is 9. The second kappa shape index (κ2) is 25.3. The third-order valence-electron chi connectivity index (χ3n) is 15.1. The molecule has 0 aliphatic carbocycles. The Bertz CT molecular complexity index is 1400. The van der Waals surface area contributed by atoms with Crippen molar-refractivity contribution in [2.75, 3.05) is 7.11 Å². The van der Waals surface area contributed by atoms with Crippen molar-refractivity contribution in [3.8, 4) is 0 Å². The van der Waals surface area contributed by atoms with Gasteiger partial charge in [-0.3, -0.25) is 9.59 Å². The van der Waals surface area contributed by atoms with E-state index < -0.39 is 48.4 Å². The first-order valence-corrected chi connectivity index (χ1v) is 32.0. The average Bonchev–Trinajstić information content (AvgIpc) is 4.02. The van der Waals surface area contributed by atoms with Crippen molar-refractivity contribution in [2.24, 2.45) is 11.8 Å². The molecule has 2 aliphatic rings. The summed E-state index contributed by atoms with van der Waals surface area (Å²) < 4.78 is 46.3. The zero-order chi connectivity index (χ0) is 46.2. The number of carbonyl (C=O) groups is 2. The fourth-order valence-corrected chi connectivity index (χ4v) is 18.7. The summed E-state index contributed by atoms with van der Waals surface area (Å²) in [5.74, 6) is -0.575. The maximum Gasteiger partial charge on any atom is 0.308 e. The average molecular weight is 910 g/mol. The summed E-state index contributed by atoms with van der Waals surface area (Å²) in [7, 11) is -4.20. The Labute approximate surface area is 377 Å². The minimum Gasteiger partial charge on any atom is -0.457 e. The van der Waals surface area contributed by atoms with E-state index in [1.165, 1.54) is 6.92 Å². The summed E-state index contributed by atoms with van der Waals surface area (Å²) in [5.41, 5.74) is -0.451. The van der Waals surface area contributed by atoms with E-state index in [4.69, 9.17) is 32.2 Å². The molecule has 9 nitrogen and oxygen atoms in total. The number of rotatable bonds is 25. The molecular formula is C49H92O9Si3. The van der Waals surface area contributed by atoms with Gasteiger partial charge in [0.1, 0.15) is 17.8 Å². The Kier molecular flexibility index (Phi) is 23.2. The smallest absolute Gasteiger partial charge is 0.308 e. The molecule has 0 spiro atoms. The summed E-state index contributed by atoms with van der Waals surface area (Å²) in [6.45, 7) is 34.6. The molecule has 0 aromatic heterocycles. The molecule has 0 N–H and O–H groups in total. The van der Waals surface area contributed by atoms with Crippen molar-refractivity contribution >= 4 is 36.9 Å². The van der Waals surface area contributed by atoms with Crippen LogP contribution in [0.1, 0.15) is 143 Å². The van der Waals surface area contributed by atoms with Crippen molar-refractivity contribution in [3.05, 3.63) is 36.0 Å². The molecule has 12 heteroatoms. The maximum atomic E-state index is 14.0. The zero-order valence-corrected chi connectivity index (χ0v) is 45.1. The molecule has 0 bridgehead atoms. The zero-order valence-electron chi connectivity index (χ0n) is 42.1. The largest absolute Gasteiger partial charge is 0.457 e. The number of allylic oxidation sites excluding steroid dienone is 2. The van der Waals surface area contributed by atoms with Crippen LogP contribution in [0.4, 0.5) is 0 Å². The Morgan fingerprint density at radius 3 is 1.95 bits per heavy atom. The Balaban J connectivity index is 2.55. The topological polar surface area (TPSA) is 102 Å². The molecule has 0 amide bonds. The van der Waals surface area contributed by atoms with Gasteiger partial charge in [-0.1, -0.05) is 107 Å². The monoisotopic (exact) mass is 909 g/mol. The number of cyclic esters (lactones) is 1. The first-order chi connectivity index (χ1) is 28.7. The lowest BCUT2D eigenvalue weighted by molar-refractivity contribution is -0.160. The summed E-state index contributed by atoms with van der Waals surface area (Å²) in [6.07, 6.45) is 12.2. The van der Waals surface area contributed by atoms with E-state index in [1.54, 1.807) is 7.11 Å². The van der Waals surface area contributed by atoms with Crippen molar-refractivity contribution in [3.63, 3.8) is 0 Å². The summed E-state index contributed by atoms with van der Waals surface area (Å²) in [6, 6.07) is 9.50. The van der Waals surface area contributed by atoms with Gasteiger partial charge in [0.25, 0.3) is 0 Å². The minimum atomic E-state index is -2.07. The van der Waals surface area contributed by atoms with E-state index in [0.29, 0.717) is 18.8 Å². The predicted molar refractivity (Wildman–Crippen MR) is 259 cm³/mol. The molecule has 1 fully saturated rings. The van der Waals surface area contributed by atoms with Gasteiger partial charge in [-0.05, 0) is 106 Å². The molecule has 1 saturated heterocycles. The van der Waals surface area contributed by atoms with Crippen LogP contribution in [0.3, 0.4) is 0 Å². The van der Waals surface area contributed by atoms with Gasteiger partial charge in [0, 0.05) is 38.4 Å². The molecule has 0 saturated carbocycles. The van der Waals surface area contributed by atoms with Crippen LogP contribution in [0, 0.1) is 11.8 Å². The lowest BCUT2D eigenvalue weighted by atomic mass is 9.88. The molecule has 2 aliphatic heterocycles. The SMILES string of the molecule is CC[C@H](O[Si](CC)(CC)CC)[C@@H](C)[C@@H]1O[C@H]1C[C@](C)(/C=C/C=C(\C)[C@H]1OC(=O)C[C@H](O[Si](CC)(CC)CC)CC[C@@](C)(OC)[C@@H](OC(C)=O)/C=C\[C@@H]1C)O[Si](CC)(CC)CC. The third kappa shape index (κ3) is 15.6. The first kappa shape index (κ1) is 55.7. The molecule has 0 radical (unpaired) electrons. The number of hydrogen-bond donors (Lipinski definition) is 0. The highest BCUT2D eigenvalue weighted by atomic mass is 28.4. The first-order valence-electron chi connectivity index (χ1n) is 24.4. The fraction of sp³-hybridized carbons (Fsp3) is 0.837. The summed E-state index contributed by atoms with van der Waals surface area (Å²) >= 11 is 0. The summed E-state index contributed by atoms with van der Waals surface area (Å²) in [5, 5.41) is 0. The molecule has 0 aromatic rings. The van der Waals surface area contributed by atoms with Crippen LogP contribution >= 0.6 is 0 Å². The predicted octanol–water partition coefficient (Wildman–Crippen LogP) is 12.9. The Morgan fingerprint density at radius 1 is 0.902 bits per heavy atom. The van der Waals surface area contributed by atoms with E-state index in [2.05, 4.69) is 101 Å². The second-order valence-corrected chi connectivity index (χ2v) is 33.0. The fourth-order valence-electron chi connectivity index (χ4n) is 9.66. The van der Waals surface area contributed by atoms with Gasteiger partial charge in [0.05, 0.1) is 30.3 Å². The van der Waals surface area contributed by atoms with Gasteiger partial charge in [-0.25, -0.2) is 0 Å². The highest BCUT2D eigenvalue weighted by Crippen LogP contribution is 2.43. The third-order valence-corrected chi connectivity index (χ3v) is 29.2. The van der Waals surface area contributed by atoms with Gasteiger partial charge < -0.3 is 32.2 Å². The van der Waals surface area contributed by atoms with Crippen LogP contribution in [0.5, 0.6) is 0 Å². The van der Waals surface area contributed by atoms with Crippen LogP contribution in [0.2, 0.25) is 54.4 Å². The van der Waals surface area contributed by atoms with Crippen molar-refractivity contribution in [2.45, 2.75) is 245 Å². The number of epoxide rings is 1. The molecule has 0 unspecified atom stereocenters. The van der Waals surface area contributed by atoms with Gasteiger partial charge >= 0.3 is 11.9 Å². The van der Waals surface area contributed by atoms with Crippen molar-refractivity contribution in [1.29, 1.82) is 0 Å². The molecule has 354 valence electrons. The quantitative estimate of drug-likeness (QED) is 0.0291. The van der Waals surface area contributed by atoms with Crippen LogP contribution in [0.15, 0.2) is 36.0 Å². The van der Waals surface area contributed by atoms with Gasteiger partial charge in [-0.2, -0.15) is 0 Å². The number of ether oxygens (including phenoxy) is 4. The highest BCUT2D eigenvalue weighted by molar-refractivity contribution is 6.74. The Hall–Kier alpha value is -1.39. The van der Waals surface area contributed by atoms with E-state index in [1.807, 2.05) is 32.9 Å². The number of carbonyl (C=O) groups excluding carboxylic acids is 2. The summed E-state index contributed by atoms with van der Waals surface area (Å²) in [4.78, 5) is 26.4. The number of methoxy groups -OCH3 is 1. The molecule has 0 aromatic carbocycles. The van der Waals surface area contributed by atoms with Gasteiger partial charge in [0.2, 0.25) is 0 Å². The molecule has 2 rings (SSSR count). The van der Waals surface area contributed by atoms with Crippen molar-refractivity contribution < 1.29 is 41.8 Å². The maximum absolute atomic E-state index is 14.0. The van der Waals surface area contributed by atoms with Crippen LogP contribution < -0.4 is 0 Å². The van der Waals surface area contributed by atoms with Crippen LogP contribution in [-0.2, 0) is 41.8 Å². The van der Waals surface area contributed by atoms with Crippen molar-refractivity contribution in [1.82, 2.24) is 0 Å². The molecule has 10 atom stereocenters. The van der Waals surface area contributed by atoms with E-state index in [0.717, 1.165) is 72.8 Å². The van der Waals surface area contributed by atoms with E-state index in [-0.39, 0.29) is 48.7 Å². The standard InChI is InChI=1S/C49H92O9Si3/c1-18-42(57-60(22-5,23-6)24-7)39(13)47-43(54-47)36-48(15,58-61(25-8,26-9)27-10)33-28-29-37(11)46-38(12)30-31-44(53-40(14)50)49(16,52-17)34-32-41(35-45(51)55-46)56-59(19-2,20-3)21-4/h28-31,33,38-39,41-44,46-47H,18-27,32,34-36H2,1-17H3/b31-30-,33-28+,37-29+/t38-,39+,41+,42-,43-,44-,46+,47-,48-,49+/m0/s1. The van der Waals surface area contributed by atoms with E-state index in [9.17, 15) is 9.59 Å².